The first-order valence-electron chi connectivity index (χ1n) is 10.5. The smallest absolute Gasteiger partial charge is 0.195 e. The maximum atomic E-state index is 13.0. The van der Waals surface area contributed by atoms with E-state index in [4.69, 9.17) is 4.74 Å². The van der Waals surface area contributed by atoms with Gasteiger partial charge in [0.2, 0.25) is 0 Å². The van der Waals surface area contributed by atoms with Crippen molar-refractivity contribution in [2.75, 3.05) is 5.88 Å². The lowest BCUT2D eigenvalue weighted by Gasteiger charge is -2.38. The third-order valence-electron chi connectivity index (χ3n) is 6.38. The third kappa shape index (κ3) is 4.08. The van der Waals surface area contributed by atoms with Crippen LogP contribution in [0.4, 0.5) is 0 Å². The van der Waals surface area contributed by atoms with Crippen LogP contribution < -0.4 is 4.74 Å². The highest BCUT2D eigenvalue weighted by Gasteiger charge is 2.43. The molecule has 7 heteroatoms. The maximum absolute atomic E-state index is 13.0. The topological polar surface area (TPSA) is 75.3 Å². The van der Waals surface area contributed by atoms with Crippen molar-refractivity contribution < 1.29 is 13.2 Å². The van der Waals surface area contributed by atoms with Crippen molar-refractivity contribution >= 4 is 9.84 Å². The van der Waals surface area contributed by atoms with Crippen molar-refractivity contribution in [2.45, 2.75) is 82.4 Å². The quantitative estimate of drug-likeness (QED) is 0.770. The molecule has 29 heavy (non-hydrogen) atoms. The van der Waals surface area contributed by atoms with Crippen LogP contribution in [0.2, 0.25) is 0 Å². The van der Waals surface area contributed by atoms with Crippen molar-refractivity contribution in [1.82, 2.24) is 15.1 Å². The molecule has 3 atom stereocenters. The number of aromatic nitrogens is 2. The Bertz CT molecular complexity index is 932. The zero-order chi connectivity index (χ0) is 20.8. The van der Waals surface area contributed by atoms with Crippen LogP contribution in [0.3, 0.4) is 0 Å². The molecule has 2 aliphatic heterocycles. The first-order chi connectivity index (χ1) is 13.7. The lowest BCUT2D eigenvalue weighted by Crippen LogP contribution is -2.48. The highest BCUT2D eigenvalue weighted by Crippen LogP contribution is 2.38. The minimum absolute atomic E-state index is 0.0688. The van der Waals surface area contributed by atoms with Crippen LogP contribution in [0.25, 0.3) is 0 Å². The van der Waals surface area contributed by atoms with Crippen LogP contribution in [0, 0.1) is 13.8 Å². The SMILES string of the molecule is Cc1n[nH]c(C)c1S(=O)(=O)CN1[C@@H]2CC[C@H]1C[C@H](Oc1ccc(C(C)C)cc1)C2. The van der Waals surface area contributed by atoms with Gasteiger partial charge in [0.25, 0.3) is 0 Å². The summed E-state index contributed by atoms with van der Waals surface area (Å²) in [5.41, 5.74) is 2.48. The predicted octanol–water partition coefficient (Wildman–Crippen LogP) is 3.96. The summed E-state index contributed by atoms with van der Waals surface area (Å²) in [4.78, 5) is 2.55. The van der Waals surface area contributed by atoms with E-state index >= 15 is 0 Å². The Balaban J connectivity index is 1.43. The summed E-state index contributed by atoms with van der Waals surface area (Å²) in [5, 5.41) is 6.86. The number of fused-ring (bicyclic) bond motifs is 2. The predicted molar refractivity (Wildman–Crippen MR) is 113 cm³/mol. The van der Waals surface area contributed by atoms with E-state index < -0.39 is 9.84 Å². The lowest BCUT2D eigenvalue weighted by molar-refractivity contribution is 0.0609. The number of hydrogen-bond acceptors (Lipinski definition) is 5. The molecule has 158 valence electrons. The molecule has 1 N–H and O–H groups in total. The Morgan fingerprint density at radius 3 is 2.28 bits per heavy atom. The molecular weight excluding hydrogens is 386 g/mol. The third-order valence-corrected chi connectivity index (χ3v) is 8.24. The molecule has 2 aromatic rings. The van der Waals surface area contributed by atoms with Gasteiger partial charge in [-0.3, -0.25) is 10.00 Å². The largest absolute Gasteiger partial charge is 0.490 e. The molecule has 0 radical (unpaired) electrons. The van der Waals surface area contributed by atoms with Gasteiger partial charge < -0.3 is 4.74 Å². The summed E-state index contributed by atoms with van der Waals surface area (Å²) in [7, 11) is -3.40. The van der Waals surface area contributed by atoms with Crippen LogP contribution >= 0.6 is 0 Å². The fourth-order valence-electron chi connectivity index (χ4n) is 4.91. The van der Waals surface area contributed by atoms with E-state index in [2.05, 4.69) is 53.2 Å². The van der Waals surface area contributed by atoms with Gasteiger partial charge in [-0.1, -0.05) is 26.0 Å². The summed E-state index contributed by atoms with van der Waals surface area (Å²) in [5.74, 6) is 1.48. The Kier molecular flexibility index (Phi) is 5.46. The van der Waals surface area contributed by atoms with Gasteiger partial charge in [-0.05, 0) is 63.1 Å². The van der Waals surface area contributed by atoms with Crippen molar-refractivity contribution in [3.05, 3.63) is 41.2 Å². The van der Waals surface area contributed by atoms with Gasteiger partial charge in [0.1, 0.15) is 22.6 Å². The molecule has 0 spiro atoms. The summed E-state index contributed by atoms with van der Waals surface area (Å²) in [6.45, 7) is 7.88. The van der Waals surface area contributed by atoms with E-state index in [0.717, 1.165) is 31.4 Å². The molecule has 6 nitrogen and oxygen atoms in total. The number of sulfone groups is 1. The molecule has 1 aromatic heterocycles. The number of nitrogens with zero attached hydrogens (tertiary/aromatic N) is 2. The highest BCUT2D eigenvalue weighted by molar-refractivity contribution is 7.91. The molecule has 2 fully saturated rings. The minimum atomic E-state index is -3.40. The summed E-state index contributed by atoms with van der Waals surface area (Å²) in [6.07, 6.45) is 3.97. The van der Waals surface area contributed by atoms with Crippen LogP contribution in [0.15, 0.2) is 29.2 Å². The van der Waals surface area contributed by atoms with Crippen molar-refractivity contribution in [1.29, 1.82) is 0 Å². The van der Waals surface area contributed by atoms with Gasteiger partial charge in [-0.25, -0.2) is 8.42 Å². The molecular formula is C22H31N3O3S. The number of benzene rings is 1. The Morgan fingerprint density at radius 1 is 1.14 bits per heavy atom. The zero-order valence-electron chi connectivity index (χ0n) is 17.7. The van der Waals surface area contributed by atoms with Crippen LogP contribution in [-0.2, 0) is 9.84 Å². The van der Waals surface area contributed by atoms with E-state index in [1.807, 2.05) is 0 Å². The molecule has 4 rings (SSSR count). The van der Waals surface area contributed by atoms with E-state index in [0.29, 0.717) is 22.2 Å². The summed E-state index contributed by atoms with van der Waals surface area (Å²) < 4.78 is 32.4. The molecule has 0 unspecified atom stereocenters. The van der Waals surface area contributed by atoms with Crippen molar-refractivity contribution in [3.63, 3.8) is 0 Å². The summed E-state index contributed by atoms with van der Waals surface area (Å²) in [6, 6.07) is 8.89. The molecule has 1 aromatic carbocycles. The average Bonchev–Trinajstić information content (AvgIpc) is 3.10. The van der Waals surface area contributed by atoms with E-state index in [1.165, 1.54) is 5.56 Å². The van der Waals surface area contributed by atoms with Crippen LogP contribution in [-0.4, -0.2) is 47.6 Å². The van der Waals surface area contributed by atoms with E-state index in [9.17, 15) is 8.42 Å². The second-order valence-electron chi connectivity index (χ2n) is 8.84. The van der Waals surface area contributed by atoms with Crippen LogP contribution in [0.5, 0.6) is 5.75 Å². The molecule has 0 amide bonds. The maximum Gasteiger partial charge on any atom is 0.195 e. The van der Waals surface area contributed by atoms with Gasteiger partial charge in [-0.15, -0.1) is 0 Å². The van der Waals surface area contributed by atoms with Crippen molar-refractivity contribution in [2.24, 2.45) is 0 Å². The first-order valence-corrected chi connectivity index (χ1v) is 12.2. The van der Waals surface area contributed by atoms with Gasteiger partial charge >= 0.3 is 0 Å². The highest BCUT2D eigenvalue weighted by atomic mass is 32.2. The number of rotatable bonds is 6. The second kappa shape index (κ2) is 7.76. The molecule has 3 heterocycles. The van der Waals surface area contributed by atoms with Gasteiger partial charge in [0.05, 0.1) is 11.4 Å². The standard InChI is InChI=1S/C22H31N3O3S/c1-14(2)17-5-9-20(10-6-17)28-21-11-18-7-8-19(12-21)25(18)13-29(26,27)22-15(3)23-24-16(22)4/h5-6,9-10,14,18-19,21H,7-8,11-13H2,1-4H3,(H,23,24)/t18-,19+,21-. The number of piperidine rings is 1. The zero-order valence-corrected chi connectivity index (χ0v) is 18.5. The van der Waals surface area contributed by atoms with E-state index in [-0.39, 0.29) is 24.1 Å². The molecule has 2 bridgehead atoms. The Labute approximate surface area is 173 Å². The second-order valence-corrected chi connectivity index (χ2v) is 10.7. The van der Waals surface area contributed by atoms with Crippen LogP contribution in [0.1, 0.15) is 62.4 Å². The molecule has 0 saturated carbocycles. The minimum Gasteiger partial charge on any atom is -0.490 e. The van der Waals surface area contributed by atoms with Gasteiger partial charge in [0, 0.05) is 12.1 Å². The number of H-pyrrole nitrogens is 1. The first kappa shape index (κ1) is 20.4. The van der Waals surface area contributed by atoms with Gasteiger partial charge in [-0.2, -0.15) is 5.10 Å². The monoisotopic (exact) mass is 417 g/mol. The Hall–Kier alpha value is -1.86. The fraction of sp³-hybridized carbons (Fsp3) is 0.591. The number of ether oxygens (including phenoxy) is 1. The lowest BCUT2D eigenvalue weighted by atomic mass is 10.00. The number of nitrogens with one attached hydrogen (secondary N) is 1. The molecule has 0 aliphatic carbocycles. The van der Waals surface area contributed by atoms with Gasteiger partial charge in [0.15, 0.2) is 9.84 Å². The molecule has 2 aliphatic rings. The average molecular weight is 418 g/mol. The number of aryl methyl sites for hydroxylation is 2. The van der Waals surface area contributed by atoms with Crippen molar-refractivity contribution in [3.8, 4) is 5.75 Å². The Morgan fingerprint density at radius 2 is 1.76 bits per heavy atom. The number of aromatic amines is 1. The summed E-state index contributed by atoms with van der Waals surface area (Å²) >= 11 is 0. The number of hydrogen-bond donors (Lipinski definition) is 1. The fourth-order valence-corrected chi connectivity index (χ4v) is 6.87. The molecule has 2 saturated heterocycles. The normalized spacial score (nSPS) is 24.9. The van der Waals surface area contributed by atoms with E-state index in [1.54, 1.807) is 13.8 Å².